The van der Waals surface area contributed by atoms with E-state index in [1.807, 2.05) is 0 Å². The van der Waals surface area contributed by atoms with Crippen molar-refractivity contribution in [2.24, 2.45) is 7.05 Å². The Balaban J connectivity index is 1.76. The van der Waals surface area contributed by atoms with Gasteiger partial charge in [-0.15, -0.1) is 0 Å². The molecule has 0 bridgehead atoms. The maximum atomic E-state index is 14.6. The second kappa shape index (κ2) is 8.87. The molecule has 1 N–H and O–H groups in total. The molecular weight excluding hydrogens is 398 g/mol. The highest BCUT2D eigenvalue weighted by Crippen LogP contribution is 2.30. The second-order valence-electron chi connectivity index (χ2n) is 7.01. The Bertz CT molecular complexity index is 1270. The van der Waals surface area contributed by atoms with Crippen LogP contribution in [0, 0.1) is 11.6 Å². The topological polar surface area (TPSA) is 59.8 Å². The van der Waals surface area contributed by atoms with Crippen LogP contribution in [0.4, 0.5) is 14.7 Å². The lowest BCUT2D eigenvalue weighted by molar-refractivity contribution is 0.610. The summed E-state index contributed by atoms with van der Waals surface area (Å²) in [6.07, 6.45) is 3.60. The van der Waals surface area contributed by atoms with E-state index in [0.29, 0.717) is 35.7 Å². The number of rotatable bonds is 6. The molecule has 2 heterocycles. The fourth-order valence-corrected chi connectivity index (χ4v) is 3.40. The number of aromatic nitrogens is 3. The van der Waals surface area contributed by atoms with Crippen LogP contribution in [-0.2, 0) is 13.5 Å². The fraction of sp³-hybridized carbons (Fsp3) is 0.125. The van der Waals surface area contributed by atoms with Crippen molar-refractivity contribution in [2.75, 3.05) is 11.9 Å². The van der Waals surface area contributed by atoms with Gasteiger partial charge in [0.05, 0.1) is 11.3 Å². The Labute approximate surface area is 178 Å². The van der Waals surface area contributed by atoms with Crippen molar-refractivity contribution in [2.45, 2.75) is 6.42 Å². The van der Waals surface area contributed by atoms with E-state index in [9.17, 15) is 13.6 Å². The molecule has 7 heteroatoms. The Morgan fingerprint density at radius 2 is 1.61 bits per heavy atom. The van der Waals surface area contributed by atoms with Crippen LogP contribution in [0.1, 0.15) is 5.56 Å². The predicted octanol–water partition coefficient (Wildman–Crippen LogP) is 4.44. The third-order valence-electron chi connectivity index (χ3n) is 5.02. The molecule has 0 aliphatic carbocycles. The van der Waals surface area contributed by atoms with Crippen molar-refractivity contribution in [3.05, 3.63) is 101 Å². The minimum absolute atomic E-state index is 0.173. The summed E-state index contributed by atoms with van der Waals surface area (Å²) in [5, 5.41) is 3.11. The normalized spacial score (nSPS) is 10.8. The molecule has 2 aromatic heterocycles. The van der Waals surface area contributed by atoms with Crippen molar-refractivity contribution in [1.82, 2.24) is 14.5 Å². The van der Waals surface area contributed by atoms with Crippen LogP contribution in [0.5, 0.6) is 0 Å². The average Bonchev–Trinajstić information content (AvgIpc) is 2.79. The van der Waals surface area contributed by atoms with Gasteiger partial charge in [0.15, 0.2) is 0 Å². The van der Waals surface area contributed by atoms with E-state index in [1.54, 1.807) is 68.0 Å². The van der Waals surface area contributed by atoms with E-state index in [4.69, 9.17) is 0 Å². The highest BCUT2D eigenvalue weighted by Gasteiger charge is 2.20. The zero-order valence-corrected chi connectivity index (χ0v) is 16.8. The molecule has 156 valence electrons. The van der Waals surface area contributed by atoms with Gasteiger partial charge in [-0.25, -0.2) is 13.8 Å². The molecule has 0 unspecified atom stereocenters. The molecule has 0 amide bonds. The lowest BCUT2D eigenvalue weighted by Gasteiger charge is -2.16. The number of benzene rings is 2. The molecule has 31 heavy (non-hydrogen) atoms. The Morgan fingerprint density at radius 1 is 0.935 bits per heavy atom. The van der Waals surface area contributed by atoms with E-state index in [2.05, 4.69) is 15.3 Å². The number of nitrogens with one attached hydrogen (secondary N) is 1. The van der Waals surface area contributed by atoms with Crippen molar-refractivity contribution < 1.29 is 8.78 Å². The maximum Gasteiger partial charge on any atom is 0.263 e. The molecule has 4 aromatic rings. The van der Waals surface area contributed by atoms with Gasteiger partial charge in [-0.1, -0.05) is 36.4 Å². The third-order valence-corrected chi connectivity index (χ3v) is 5.02. The summed E-state index contributed by atoms with van der Waals surface area (Å²) in [5.74, 6) is -0.469. The van der Waals surface area contributed by atoms with Crippen LogP contribution in [0.3, 0.4) is 0 Å². The van der Waals surface area contributed by atoms with Gasteiger partial charge in [0.1, 0.15) is 11.6 Å². The predicted molar refractivity (Wildman–Crippen MR) is 117 cm³/mol. The van der Waals surface area contributed by atoms with Gasteiger partial charge in [-0.05, 0) is 36.2 Å². The highest BCUT2D eigenvalue weighted by molar-refractivity contribution is 5.81. The van der Waals surface area contributed by atoms with Gasteiger partial charge in [-0.3, -0.25) is 14.3 Å². The second-order valence-corrected chi connectivity index (χ2v) is 7.01. The van der Waals surface area contributed by atoms with Crippen molar-refractivity contribution >= 4 is 5.95 Å². The van der Waals surface area contributed by atoms with Gasteiger partial charge >= 0.3 is 0 Å². The van der Waals surface area contributed by atoms with E-state index in [1.165, 1.54) is 16.7 Å². The molecule has 2 aromatic carbocycles. The number of anilines is 1. The third kappa shape index (κ3) is 4.21. The summed E-state index contributed by atoms with van der Waals surface area (Å²) in [6.45, 7) is 0.371. The van der Waals surface area contributed by atoms with Crippen molar-refractivity contribution in [1.29, 1.82) is 0 Å². The quantitative estimate of drug-likeness (QED) is 0.503. The van der Waals surface area contributed by atoms with Crippen molar-refractivity contribution in [3.63, 3.8) is 0 Å². The first-order chi connectivity index (χ1) is 15.1. The van der Waals surface area contributed by atoms with Crippen LogP contribution in [0.15, 0.2) is 77.9 Å². The van der Waals surface area contributed by atoms with Crippen LogP contribution in [0.25, 0.3) is 22.4 Å². The molecule has 0 atom stereocenters. The molecular formula is C24H20F2N4O. The number of hydrogen-bond donors (Lipinski definition) is 1. The largest absolute Gasteiger partial charge is 0.355 e. The Morgan fingerprint density at radius 3 is 2.32 bits per heavy atom. The first-order valence-electron chi connectivity index (χ1n) is 9.80. The van der Waals surface area contributed by atoms with Gasteiger partial charge in [0.25, 0.3) is 5.56 Å². The first-order valence-corrected chi connectivity index (χ1v) is 9.80. The molecule has 0 saturated heterocycles. The van der Waals surface area contributed by atoms with Gasteiger partial charge < -0.3 is 5.32 Å². The summed E-state index contributed by atoms with van der Waals surface area (Å²) < 4.78 is 29.8. The standard InChI is InChI=1S/C24H20F2N4O/c1-30-23(31)21(18-7-3-5-9-20(18)26)22(17-10-13-27-14-11-17)29-24(30)28-15-12-16-6-2-4-8-19(16)25/h2-11,13-14H,12,15H2,1H3,(H,28,29). The van der Waals surface area contributed by atoms with Gasteiger partial charge in [0, 0.05) is 37.1 Å². The summed E-state index contributed by atoms with van der Waals surface area (Å²) in [4.78, 5) is 21.9. The molecule has 4 rings (SSSR count). The van der Waals surface area contributed by atoms with Crippen LogP contribution >= 0.6 is 0 Å². The van der Waals surface area contributed by atoms with E-state index in [-0.39, 0.29) is 22.5 Å². The zero-order valence-electron chi connectivity index (χ0n) is 16.8. The zero-order chi connectivity index (χ0) is 21.8. The number of hydrogen-bond acceptors (Lipinski definition) is 4. The molecule has 0 aliphatic heterocycles. The smallest absolute Gasteiger partial charge is 0.263 e. The van der Waals surface area contributed by atoms with Crippen LogP contribution in [-0.4, -0.2) is 21.1 Å². The SMILES string of the molecule is Cn1c(NCCc2ccccc2F)nc(-c2ccncc2)c(-c2ccccc2F)c1=O. The monoisotopic (exact) mass is 418 g/mol. The van der Waals surface area contributed by atoms with Crippen molar-refractivity contribution in [3.8, 4) is 22.4 Å². The summed E-state index contributed by atoms with van der Waals surface area (Å²) >= 11 is 0. The molecule has 0 spiro atoms. The summed E-state index contributed by atoms with van der Waals surface area (Å²) in [7, 11) is 1.57. The van der Waals surface area contributed by atoms with Crippen LogP contribution in [0.2, 0.25) is 0 Å². The molecule has 0 aliphatic rings. The minimum Gasteiger partial charge on any atom is -0.355 e. The number of pyridine rings is 1. The van der Waals surface area contributed by atoms with Gasteiger partial charge in [-0.2, -0.15) is 0 Å². The molecule has 0 fully saturated rings. The summed E-state index contributed by atoms with van der Waals surface area (Å²) in [6, 6.07) is 16.1. The fourth-order valence-electron chi connectivity index (χ4n) is 3.40. The average molecular weight is 418 g/mol. The van der Waals surface area contributed by atoms with Crippen LogP contribution < -0.4 is 10.9 Å². The molecule has 0 radical (unpaired) electrons. The molecule has 5 nitrogen and oxygen atoms in total. The lowest BCUT2D eigenvalue weighted by atomic mass is 10.0. The minimum atomic E-state index is -0.503. The summed E-state index contributed by atoms with van der Waals surface area (Å²) in [5.41, 5.74) is 1.52. The maximum absolute atomic E-state index is 14.6. The Kier molecular flexibility index (Phi) is 5.84. The van der Waals surface area contributed by atoms with Gasteiger partial charge in [0.2, 0.25) is 5.95 Å². The Hall–Kier alpha value is -3.87. The highest BCUT2D eigenvalue weighted by atomic mass is 19.1. The van der Waals surface area contributed by atoms with E-state index in [0.717, 1.165) is 0 Å². The number of nitrogens with zero attached hydrogens (tertiary/aromatic N) is 3. The number of halogens is 2. The first kappa shape index (κ1) is 20.4. The lowest BCUT2D eigenvalue weighted by Crippen LogP contribution is -2.26. The van der Waals surface area contributed by atoms with E-state index < -0.39 is 5.82 Å². The van der Waals surface area contributed by atoms with E-state index >= 15 is 0 Å². The molecule has 0 saturated carbocycles.